The SMILES string of the molecule is O=[N+]([O-])c1cc(Br)cc(CBr)c1F. The van der Waals surface area contributed by atoms with Crippen LogP contribution in [-0.2, 0) is 5.33 Å². The molecule has 1 aromatic rings. The number of hydrogen-bond acceptors (Lipinski definition) is 2. The van der Waals surface area contributed by atoms with E-state index >= 15 is 0 Å². The van der Waals surface area contributed by atoms with Crippen LogP contribution in [0.15, 0.2) is 16.6 Å². The summed E-state index contributed by atoms with van der Waals surface area (Å²) >= 11 is 6.11. The number of nitro groups is 1. The molecule has 70 valence electrons. The largest absolute Gasteiger partial charge is 0.306 e. The average molecular weight is 313 g/mol. The van der Waals surface area contributed by atoms with E-state index in [1.807, 2.05) is 0 Å². The molecule has 1 aromatic carbocycles. The van der Waals surface area contributed by atoms with Crippen LogP contribution in [0.1, 0.15) is 5.56 Å². The number of nitrogens with zero attached hydrogens (tertiary/aromatic N) is 1. The second kappa shape index (κ2) is 4.15. The molecule has 0 aliphatic carbocycles. The molecule has 0 spiro atoms. The van der Waals surface area contributed by atoms with E-state index < -0.39 is 16.4 Å². The third-order valence-corrected chi connectivity index (χ3v) is 2.50. The van der Waals surface area contributed by atoms with Crippen molar-refractivity contribution in [1.29, 1.82) is 0 Å². The molecule has 0 saturated heterocycles. The lowest BCUT2D eigenvalue weighted by molar-refractivity contribution is -0.387. The third-order valence-electron chi connectivity index (χ3n) is 1.43. The van der Waals surface area contributed by atoms with Crippen LogP contribution in [0, 0.1) is 15.9 Å². The van der Waals surface area contributed by atoms with Crippen molar-refractivity contribution >= 4 is 37.5 Å². The maximum absolute atomic E-state index is 13.2. The van der Waals surface area contributed by atoms with Crippen molar-refractivity contribution in [2.75, 3.05) is 0 Å². The molecule has 0 saturated carbocycles. The summed E-state index contributed by atoms with van der Waals surface area (Å²) in [6.07, 6.45) is 0. The summed E-state index contributed by atoms with van der Waals surface area (Å²) in [5, 5.41) is 10.6. The van der Waals surface area contributed by atoms with E-state index in [-0.39, 0.29) is 10.9 Å². The highest BCUT2D eigenvalue weighted by molar-refractivity contribution is 9.10. The summed E-state index contributed by atoms with van der Waals surface area (Å²) in [5.41, 5.74) is -0.245. The maximum Gasteiger partial charge on any atom is 0.306 e. The molecule has 0 bridgehead atoms. The van der Waals surface area contributed by atoms with Crippen molar-refractivity contribution in [3.8, 4) is 0 Å². The van der Waals surface area contributed by atoms with Gasteiger partial charge in [-0.3, -0.25) is 10.1 Å². The Hall–Kier alpha value is -0.490. The van der Waals surface area contributed by atoms with E-state index in [1.165, 1.54) is 6.07 Å². The lowest BCUT2D eigenvalue weighted by atomic mass is 10.2. The Labute approximate surface area is 90.3 Å². The predicted molar refractivity (Wildman–Crippen MR) is 53.4 cm³/mol. The number of benzene rings is 1. The summed E-state index contributed by atoms with van der Waals surface area (Å²) in [5.74, 6) is -0.787. The fourth-order valence-electron chi connectivity index (χ4n) is 0.860. The molecular weight excluding hydrogens is 309 g/mol. The van der Waals surface area contributed by atoms with Crippen LogP contribution in [0.4, 0.5) is 10.1 Å². The highest BCUT2D eigenvalue weighted by atomic mass is 79.9. The van der Waals surface area contributed by atoms with Crippen molar-refractivity contribution in [3.05, 3.63) is 38.1 Å². The summed E-state index contributed by atoms with van der Waals surface area (Å²) in [6, 6.07) is 2.64. The van der Waals surface area contributed by atoms with Gasteiger partial charge in [0.25, 0.3) is 0 Å². The number of hydrogen-bond donors (Lipinski definition) is 0. The van der Waals surface area contributed by atoms with Crippen molar-refractivity contribution in [1.82, 2.24) is 0 Å². The molecule has 0 atom stereocenters. The molecular formula is C7H4Br2FNO2. The smallest absolute Gasteiger partial charge is 0.258 e. The Morgan fingerprint density at radius 3 is 2.62 bits per heavy atom. The minimum absolute atomic E-state index is 0.249. The first-order valence-corrected chi connectivity index (χ1v) is 5.16. The zero-order valence-corrected chi connectivity index (χ0v) is 9.43. The summed E-state index contributed by atoms with van der Waals surface area (Å²) in [7, 11) is 0. The third kappa shape index (κ3) is 2.25. The van der Waals surface area contributed by atoms with Gasteiger partial charge in [-0.15, -0.1) is 0 Å². The van der Waals surface area contributed by atoms with E-state index in [9.17, 15) is 14.5 Å². The van der Waals surface area contributed by atoms with Crippen LogP contribution in [0.3, 0.4) is 0 Å². The molecule has 0 N–H and O–H groups in total. The van der Waals surface area contributed by atoms with Crippen molar-refractivity contribution < 1.29 is 9.31 Å². The van der Waals surface area contributed by atoms with E-state index in [1.54, 1.807) is 0 Å². The van der Waals surface area contributed by atoms with Crippen LogP contribution in [0.25, 0.3) is 0 Å². The zero-order valence-electron chi connectivity index (χ0n) is 6.26. The van der Waals surface area contributed by atoms with E-state index in [0.29, 0.717) is 4.47 Å². The summed E-state index contributed by atoms with van der Waals surface area (Å²) in [4.78, 5) is 9.63. The molecule has 0 aliphatic rings. The predicted octanol–water partition coefficient (Wildman–Crippen LogP) is 3.39. The van der Waals surface area contributed by atoms with Crippen LogP contribution >= 0.6 is 31.9 Å². The molecule has 0 heterocycles. The van der Waals surface area contributed by atoms with Crippen molar-refractivity contribution in [2.45, 2.75) is 5.33 Å². The van der Waals surface area contributed by atoms with Crippen LogP contribution < -0.4 is 0 Å². The quantitative estimate of drug-likeness (QED) is 0.477. The Morgan fingerprint density at radius 1 is 1.54 bits per heavy atom. The topological polar surface area (TPSA) is 43.1 Å². The molecule has 6 heteroatoms. The fourth-order valence-corrected chi connectivity index (χ4v) is 1.76. The van der Waals surface area contributed by atoms with Crippen LogP contribution in [0.5, 0.6) is 0 Å². The second-order valence-electron chi connectivity index (χ2n) is 2.29. The molecule has 0 unspecified atom stereocenters. The van der Waals surface area contributed by atoms with Crippen molar-refractivity contribution in [3.63, 3.8) is 0 Å². The molecule has 0 aliphatic heterocycles. The van der Waals surface area contributed by atoms with Crippen LogP contribution in [-0.4, -0.2) is 4.92 Å². The number of rotatable bonds is 2. The van der Waals surface area contributed by atoms with Crippen LogP contribution in [0.2, 0.25) is 0 Å². The minimum Gasteiger partial charge on any atom is -0.258 e. The molecule has 0 fully saturated rings. The molecule has 0 aromatic heterocycles. The van der Waals surface area contributed by atoms with E-state index in [2.05, 4.69) is 31.9 Å². The lowest BCUT2D eigenvalue weighted by Gasteiger charge is -2.00. The average Bonchev–Trinajstić information content (AvgIpc) is 2.08. The van der Waals surface area contributed by atoms with Gasteiger partial charge in [-0.2, -0.15) is 4.39 Å². The second-order valence-corrected chi connectivity index (χ2v) is 3.77. The van der Waals surface area contributed by atoms with Gasteiger partial charge in [0.1, 0.15) is 0 Å². The van der Waals surface area contributed by atoms with Gasteiger partial charge >= 0.3 is 5.69 Å². The van der Waals surface area contributed by atoms with Gasteiger partial charge in [0.15, 0.2) is 0 Å². The highest BCUT2D eigenvalue weighted by Crippen LogP contribution is 2.27. The number of nitro benzene ring substituents is 1. The molecule has 0 amide bonds. The standard InChI is InChI=1S/C7H4Br2FNO2/c8-3-4-1-5(9)2-6(7(4)10)11(12)13/h1-2H,3H2. The fraction of sp³-hybridized carbons (Fsp3) is 0.143. The summed E-state index contributed by atoms with van der Waals surface area (Å²) < 4.78 is 13.7. The molecule has 13 heavy (non-hydrogen) atoms. The lowest BCUT2D eigenvalue weighted by Crippen LogP contribution is -1.96. The maximum atomic E-state index is 13.2. The minimum atomic E-state index is -0.787. The Kier molecular flexibility index (Phi) is 3.38. The van der Waals surface area contributed by atoms with Crippen molar-refractivity contribution in [2.24, 2.45) is 0 Å². The zero-order chi connectivity index (χ0) is 10.0. The molecule has 0 radical (unpaired) electrons. The van der Waals surface area contributed by atoms with Gasteiger partial charge in [-0.25, -0.2) is 0 Å². The number of halogens is 3. The number of alkyl halides is 1. The Balaban J connectivity index is 3.35. The van der Waals surface area contributed by atoms with E-state index in [0.717, 1.165) is 6.07 Å². The summed E-state index contributed by atoms with van der Waals surface area (Å²) in [6.45, 7) is 0. The van der Waals surface area contributed by atoms with E-state index in [4.69, 9.17) is 0 Å². The van der Waals surface area contributed by atoms with Gasteiger partial charge in [0.05, 0.1) is 4.92 Å². The van der Waals surface area contributed by atoms with Gasteiger partial charge in [-0.1, -0.05) is 31.9 Å². The van der Waals surface area contributed by atoms with Gasteiger partial charge in [-0.05, 0) is 6.07 Å². The van der Waals surface area contributed by atoms with Gasteiger partial charge in [0, 0.05) is 21.4 Å². The first-order valence-electron chi connectivity index (χ1n) is 3.24. The monoisotopic (exact) mass is 311 g/mol. The highest BCUT2D eigenvalue weighted by Gasteiger charge is 2.18. The van der Waals surface area contributed by atoms with Gasteiger partial charge in [0.2, 0.25) is 5.82 Å². The first-order chi connectivity index (χ1) is 6.06. The van der Waals surface area contributed by atoms with Gasteiger partial charge < -0.3 is 0 Å². The normalized spacial score (nSPS) is 10.1. The molecule has 1 rings (SSSR count). The first kappa shape index (κ1) is 10.6. The molecule has 3 nitrogen and oxygen atoms in total. The Morgan fingerprint density at radius 2 is 2.15 bits per heavy atom. The Bertz CT molecular complexity index is 357.